The summed E-state index contributed by atoms with van der Waals surface area (Å²) in [6, 6.07) is 11.1. The maximum absolute atomic E-state index is 12.0. The quantitative estimate of drug-likeness (QED) is 0.566. The second kappa shape index (κ2) is 9.03. The Balaban J connectivity index is 1.94. The highest BCUT2D eigenvalue weighted by Gasteiger charge is 2.09. The summed E-state index contributed by atoms with van der Waals surface area (Å²) in [5.74, 6) is -0.673. The zero-order chi connectivity index (χ0) is 18.2. The van der Waals surface area contributed by atoms with Crippen molar-refractivity contribution in [3.05, 3.63) is 58.6 Å². The molecule has 2 aromatic carbocycles. The topological polar surface area (TPSA) is 114 Å². The van der Waals surface area contributed by atoms with Crippen molar-refractivity contribution < 1.29 is 19.4 Å². The summed E-state index contributed by atoms with van der Waals surface area (Å²) >= 11 is 5.86. The largest absolute Gasteiger partial charge is 0.394 e. The molecule has 0 aliphatic carbocycles. The van der Waals surface area contributed by atoms with E-state index in [-0.39, 0.29) is 23.8 Å². The summed E-state index contributed by atoms with van der Waals surface area (Å²) in [4.78, 5) is 23.3. The smallest absolute Gasteiger partial charge is 0.323 e. The van der Waals surface area contributed by atoms with Crippen molar-refractivity contribution in [2.45, 2.75) is 6.61 Å². The predicted molar refractivity (Wildman–Crippen MR) is 95.8 cm³/mol. The van der Waals surface area contributed by atoms with Crippen molar-refractivity contribution in [3.63, 3.8) is 0 Å². The van der Waals surface area contributed by atoms with Gasteiger partial charge in [-0.3, -0.25) is 4.79 Å². The summed E-state index contributed by atoms with van der Waals surface area (Å²) in [6.07, 6.45) is 0. The Bertz CT molecular complexity index is 750. The van der Waals surface area contributed by atoms with Gasteiger partial charge in [0.25, 0.3) is 0 Å². The fourth-order valence-electron chi connectivity index (χ4n) is 2.02. The van der Waals surface area contributed by atoms with Crippen LogP contribution in [0.2, 0.25) is 5.02 Å². The first-order valence-electron chi connectivity index (χ1n) is 7.44. The molecule has 0 aliphatic rings. The van der Waals surface area contributed by atoms with Gasteiger partial charge in [0, 0.05) is 11.4 Å². The van der Waals surface area contributed by atoms with E-state index in [4.69, 9.17) is 27.2 Å². The van der Waals surface area contributed by atoms with Crippen LogP contribution in [0.1, 0.15) is 15.9 Å². The molecular formula is C17H18ClN3O4. The second-order valence-electron chi connectivity index (χ2n) is 5.11. The minimum absolute atomic E-state index is 0.0258. The lowest BCUT2D eigenvalue weighted by Crippen LogP contribution is -2.20. The number of hydrogen-bond acceptors (Lipinski definition) is 4. The third-order valence-electron chi connectivity index (χ3n) is 3.21. The number of amides is 3. The van der Waals surface area contributed by atoms with Crippen molar-refractivity contribution >= 4 is 34.9 Å². The Kier molecular flexibility index (Phi) is 6.76. The molecule has 7 nitrogen and oxygen atoms in total. The molecule has 0 unspecified atom stereocenters. The van der Waals surface area contributed by atoms with Gasteiger partial charge >= 0.3 is 6.03 Å². The molecule has 0 heterocycles. The first-order chi connectivity index (χ1) is 12.0. The molecule has 0 aliphatic heterocycles. The number of ether oxygens (including phenoxy) is 1. The number of nitrogens with two attached hydrogens (primary N) is 1. The molecule has 3 amide bonds. The number of anilines is 2. The molecule has 5 N–H and O–H groups in total. The van der Waals surface area contributed by atoms with Crippen LogP contribution in [0.4, 0.5) is 16.2 Å². The van der Waals surface area contributed by atoms with Crippen molar-refractivity contribution in [1.82, 2.24) is 0 Å². The molecule has 132 valence electrons. The molecule has 0 radical (unpaired) electrons. The molecule has 0 aromatic heterocycles. The number of carbonyl (C=O) groups excluding carboxylic acids is 2. The minimum atomic E-state index is -0.673. The lowest BCUT2D eigenvalue weighted by molar-refractivity contribution is 0.0815. The van der Waals surface area contributed by atoms with E-state index in [0.29, 0.717) is 18.0 Å². The number of carbonyl (C=O) groups is 2. The number of primary amides is 1. The number of hydrogen-bond donors (Lipinski definition) is 4. The summed E-state index contributed by atoms with van der Waals surface area (Å²) in [6.45, 7) is 0.631. The number of benzene rings is 2. The van der Waals surface area contributed by atoms with Crippen LogP contribution in [-0.2, 0) is 11.3 Å². The molecule has 0 bridgehead atoms. The molecular weight excluding hydrogens is 346 g/mol. The molecule has 2 rings (SSSR count). The number of aliphatic hydroxyl groups excluding tert-OH is 1. The molecule has 0 atom stereocenters. The predicted octanol–water partition coefficient (Wildman–Crippen LogP) is 2.59. The van der Waals surface area contributed by atoms with Gasteiger partial charge in [-0.05, 0) is 35.9 Å². The minimum Gasteiger partial charge on any atom is -0.394 e. The van der Waals surface area contributed by atoms with Gasteiger partial charge in [0.2, 0.25) is 5.91 Å². The van der Waals surface area contributed by atoms with Gasteiger partial charge in [0.15, 0.2) is 0 Å². The van der Waals surface area contributed by atoms with E-state index in [1.165, 1.54) is 12.1 Å². The SMILES string of the molecule is NC(=O)c1cc(NC(=O)Nc2ccc(COCCO)cc2)ccc1Cl. The van der Waals surface area contributed by atoms with Crippen molar-refractivity contribution in [2.24, 2.45) is 5.73 Å². The van der Waals surface area contributed by atoms with Crippen molar-refractivity contribution in [3.8, 4) is 0 Å². The highest BCUT2D eigenvalue weighted by Crippen LogP contribution is 2.20. The second-order valence-corrected chi connectivity index (χ2v) is 5.52. The molecule has 0 saturated carbocycles. The Morgan fingerprint density at radius 1 is 1.08 bits per heavy atom. The van der Waals surface area contributed by atoms with Gasteiger partial charge in [-0.1, -0.05) is 23.7 Å². The first-order valence-corrected chi connectivity index (χ1v) is 7.82. The standard InChI is InChI=1S/C17H18ClN3O4/c18-15-6-5-13(9-14(15)16(19)23)21-17(24)20-12-3-1-11(2-4-12)10-25-8-7-22/h1-6,9,22H,7-8,10H2,(H2,19,23)(H2,20,21,24). The Labute approximate surface area is 149 Å². The fraction of sp³-hybridized carbons (Fsp3) is 0.176. The summed E-state index contributed by atoms with van der Waals surface area (Å²) in [5, 5.41) is 14.1. The normalized spacial score (nSPS) is 10.3. The average molecular weight is 364 g/mol. The number of halogens is 1. The van der Waals surface area contributed by atoms with Crippen molar-refractivity contribution in [2.75, 3.05) is 23.8 Å². The van der Waals surface area contributed by atoms with Gasteiger partial charge in [0.1, 0.15) is 0 Å². The average Bonchev–Trinajstić information content (AvgIpc) is 2.58. The number of nitrogens with one attached hydrogen (secondary N) is 2. The molecule has 2 aromatic rings. The van der Waals surface area contributed by atoms with Crippen LogP contribution < -0.4 is 16.4 Å². The van der Waals surface area contributed by atoms with Gasteiger partial charge < -0.3 is 26.2 Å². The zero-order valence-corrected chi connectivity index (χ0v) is 14.0. The lowest BCUT2D eigenvalue weighted by Gasteiger charge is -2.10. The lowest BCUT2D eigenvalue weighted by atomic mass is 10.2. The van der Waals surface area contributed by atoms with Gasteiger partial charge in [-0.25, -0.2) is 4.79 Å². The van der Waals surface area contributed by atoms with E-state index in [0.717, 1.165) is 5.56 Å². The summed E-state index contributed by atoms with van der Waals surface area (Å²) in [7, 11) is 0. The van der Waals surface area contributed by atoms with Crippen LogP contribution in [0.3, 0.4) is 0 Å². The Morgan fingerprint density at radius 2 is 1.72 bits per heavy atom. The van der Waals surface area contributed by atoms with E-state index < -0.39 is 11.9 Å². The van der Waals surface area contributed by atoms with Gasteiger partial charge in [-0.2, -0.15) is 0 Å². The Morgan fingerprint density at radius 3 is 2.36 bits per heavy atom. The molecule has 0 fully saturated rings. The summed E-state index contributed by atoms with van der Waals surface area (Å²) in [5.41, 5.74) is 7.25. The summed E-state index contributed by atoms with van der Waals surface area (Å²) < 4.78 is 5.21. The van der Waals surface area contributed by atoms with Crippen LogP contribution in [0.25, 0.3) is 0 Å². The van der Waals surface area contributed by atoms with E-state index in [1.54, 1.807) is 30.3 Å². The van der Waals surface area contributed by atoms with Crippen LogP contribution in [0.15, 0.2) is 42.5 Å². The van der Waals surface area contributed by atoms with Crippen LogP contribution in [0.5, 0.6) is 0 Å². The fourth-order valence-corrected chi connectivity index (χ4v) is 2.23. The third kappa shape index (κ3) is 5.75. The molecule has 0 saturated heterocycles. The van der Waals surface area contributed by atoms with E-state index in [9.17, 15) is 9.59 Å². The first kappa shape index (κ1) is 18.7. The Hall–Kier alpha value is -2.61. The van der Waals surface area contributed by atoms with E-state index >= 15 is 0 Å². The van der Waals surface area contributed by atoms with Crippen LogP contribution >= 0.6 is 11.6 Å². The van der Waals surface area contributed by atoms with Crippen molar-refractivity contribution in [1.29, 1.82) is 0 Å². The zero-order valence-electron chi connectivity index (χ0n) is 13.3. The molecule has 0 spiro atoms. The monoisotopic (exact) mass is 363 g/mol. The van der Waals surface area contributed by atoms with E-state index in [1.807, 2.05) is 0 Å². The molecule has 25 heavy (non-hydrogen) atoms. The van der Waals surface area contributed by atoms with E-state index in [2.05, 4.69) is 10.6 Å². The maximum Gasteiger partial charge on any atom is 0.323 e. The van der Waals surface area contributed by atoms with Crippen LogP contribution in [0, 0.1) is 0 Å². The van der Waals surface area contributed by atoms with Gasteiger partial charge in [0.05, 0.1) is 30.4 Å². The highest BCUT2D eigenvalue weighted by molar-refractivity contribution is 6.34. The van der Waals surface area contributed by atoms with Gasteiger partial charge in [-0.15, -0.1) is 0 Å². The molecule has 8 heteroatoms. The number of rotatable bonds is 7. The maximum atomic E-state index is 12.0. The highest BCUT2D eigenvalue weighted by atomic mass is 35.5. The third-order valence-corrected chi connectivity index (χ3v) is 3.54. The number of aliphatic hydroxyl groups is 1. The van der Waals surface area contributed by atoms with Crippen LogP contribution in [-0.4, -0.2) is 30.3 Å². The number of urea groups is 1.